The van der Waals surface area contributed by atoms with Crippen molar-refractivity contribution < 1.29 is 23.4 Å². The third-order valence-electron chi connectivity index (χ3n) is 9.22. The molecule has 0 unspecified atom stereocenters. The van der Waals surface area contributed by atoms with Gasteiger partial charge in [-0.1, -0.05) is 74.0 Å². The van der Waals surface area contributed by atoms with Gasteiger partial charge in [0, 0.05) is 51.3 Å². The molecule has 0 bridgehead atoms. The molecular formula is C44H45ClFN3O4. The van der Waals surface area contributed by atoms with E-state index in [1.54, 1.807) is 42.6 Å². The van der Waals surface area contributed by atoms with Crippen LogP contribution in [0.2, 0.25) is 5.02 Å². The molecule has 0 N–H and O–H groups in total. The lowest BCUT2D eigenvalue weighted by Gasteiger charge is -2.34. The summed E-state index contributed by atoms with van der Waals surface area (Å²) in [5.74, 6) is 2.43. The molecule has 1 saturated heterocycles. The molecule has 7 nitrogen and oxygen atoms in total. The maximum absolute atomic E-state index is 13.1. The van der Waals surface area contributed by atoms with E-state index < -0.39 is 0 Å². The number of aryl methyl sites for hydroxylation is 1. The van der Waals surface area contributed by atoms with Crippen LogP contribution in [0, 0.1) is 12.7 Å². The molecule has 6 rings (SSSR count). The van der Waals surface area contributed by atoms with E-state index in [2.05, 4.69) is 72.3 Å². The molecule has 0 saturated carbocycles. The second kappa shape index (κ2) is 18.0. The molecule has 53 heavy (non-hydrogen) atoms. The summed E-state index contributed by atoms with van der Waals surface area (Å²) in [5, 5.41) is 0.434. The van der Waals surface area contributed by atoms with Crippen LogP contribution in [0.15, 0.2) is 109 Å². The van der Waals surface area contributed by atoms with Crippen molar-refractivity contribution in [3.63, 3.8) is 0 Å². The Kier molecular flexibility index (Phi) is 12.8. The van der Waals surface area contributed by atoms with Crippen molar-refractivity contribution in [1.29, 1.82) is 0 Å². The highest BCUT2D eigenvalue weighted by atomic mass is 35.5. The van der Waals surface area contributed by atoms with Crippen molar-refractivity contribution in [2.75, 3.05) is 32.8 Å². The second-order valence-electron chi connectivity index (χ2n) is 13.6. The van der Waals surface area contributed by atoms with Crippen molar-refractivity contribution in [2.45, 2.75) is 46.3 Å². The first kappa shape index (κ1) is 37.6. The van der Waals surface area contributed by atoms with E-state index in [1.807, 2.05) is 24.0 Å². The van der Waals surface area contributed by atoms with Crippen LogP contribution >= 0.6 is 11.6 Å². The molecule has 0 atom stereocenters. The Balaban J connectivity index is 0.928. The van der Waals surface area contributed by atoms with Crippen molar-refractivity contribution in [1.82, 2.24) is 14.8 Å². The van der Waals surface area contributed by atoms with Gasteiger partial charge < -0.3 is 19.1 Å². The molecule has 1 aromatic heterocycles. The van der Waals surface area contributed by atoms with Gasteiger partial charge in [-0.3, -0.25) is 9.69 Å². The lowest BCUT2D eigenvalue weighted by molar-refractivity contribution is -0.127. The van der Waals surface area contributed by atoms with Crippen molar-refractivity contribution in [2.24, 2.45) is 0 Å². The largest absolute Gasteiger partial charge is 0.493 e. The molecule has 1 aliphatic heterocycles. The summed E-state index contributed by atoms with van der Waals surface area (Å²) in [4.78, 5) is 21.7. The third kappa shape index (κ3) is 10.9. The van der Waals surface area contributed by atoms with E-state index in [0.29, 0.717) is 60.4 Å². The number of pyridine rings is 1. The lowest BCUT2D eigenvalue weighted by Crippen LogP contribution is -2.47. The first-order valence-electron chi connectivity index (χ1n) is 18.0. The minimum atomic E-state index is -0.272. The Morgan fingerprint density at radius 3 is 2.19 bits per heavy atom. The number of ether oxygens (including phenoxy) is 3. The van der Waals surface area contributed by atoms with Crippen LogP contribution < -0.4 is 14.2 Å². The highest BCUT2D eigenvalue weighted by Crippen LogP contribution is 2.34. The van der Waals surface area contributed by atoms with Crippen LogP contribution in [0.3, 0.4) is 0 Å². The number of rotatable bonds is 14. The molecule has 1 amide bonds. The van der Waals surface area contributed by atoms with Gasteiger partial charge in [0.2, 0.25) is 11.8 Å². The number of aromatic nitrogens is 1. The number of hydrogen-bond donors (Lipinski definition) is 0. The van der Waals surface area contributed by atoms with E-state index in [9.17, 15) is 9.18 Å². The van der Waals surface area contributed by atoms with Crippen LogP contribution in [0.1, 0.15) is 53.1 Å². The minimum absolute atomic E-state index is 0.0231. The standard InChI is InChI=1S/C44H45ClFN3O4/c1-31(2)37-11-8-35(9-12-37)30-52-40-17-18-42(47-28-40)53-44-32(3)26-36(27-41(44)45)10-19-43(50)49-23-21-48(22-24-49)29-34-6-4-33(5-7-34)20-25-51-39-15-13-38(46)14-16-39/h4-19,26-28,31H,20-25,29-30H2,1-3H3. The predicted molar refractivity (Wildman–Crippen MR) is 208 cm³/mol. The van der Waals surface area contributed by atoms with E-state index in [4.69, 9.17) is 25.8 Å². The predicted octanol–water partition coefficient (Wildman–Crippen LogP) is 9.66. The Morgan fingerprint density at radius 2 is 1.53 bits per heavy atom. The Labute approximate surface area is 316 Å². The first-order chi connectivity index (χ1) is 25.7. The smallest absolute Gasteiger partial charge is 0.246 e. The fraction of sp³-hybridized carbons (Fsp3) is 0.273. The van der Waals surface area contributed by atoms with Gasteiger partial charge in [0.25, 0.3) is 0 Å². The minimum Gasteiger partial charge on any atom is -0.493 e. The molecule has 9 heteroatoms. The van der Waals surface area contributed by atoms with Crippen molar-refractivity contribution in [3.05, 3.63) is 154 Å². The van der Waals surface area contributed by atoms with Gasteiger partial charge >= 0.3 is 0 Å². The highest BCUT2D eigenvalue weighted by molar-refractivity contribution is 6.32. The van der Waals surface area contributed by atoms with E-state index in [0.717, 1.165) is 42.7 Å². The normalized spacial score (nSPS) is 13.4. The first-order valence-corrected chi connectivity index (χ1v) is 18.4. The zero-order valence-corrected chi connectivity index (χ0v) is 31.2. The molecule has 2 heterocycles. The van der Waals surface area contributed by atoms with Crippen LogP contribution in [-0.2, 0) is 24.4 Å². The lowest BCUT2D eigenvalue weighted by atomic mass is 10.0. The Hall–Kier alpha value is -5.18. The Morgan fingerprint density at radius 1 is 0.849 bits per heavy atom. The number of carbonyl (C=O) groups excluding carboxylic acids is 1. The number of nitrogens with zero attached hydrogens (tertiary/aromatic N) is 3. The SMILES string of the molecule is Cc1cc(C=CC(=O)N2CCN(Cc3ccc(CCOc4ccc(F)cc4)cc3)CC2)cc(Cl)c1Oc1ccc(OCc2ccc(C(C)C)cc2)cn1. The summed E-state index contributed by atoms with van der Waals surface area (Å²) in [5.41, 5.74) is 6.45. The van der Waals surface area contributed by atoms with Crippen LogP contribution in [-0.4, -0.2) is 53.5 Å². The maximum atomic E-state index is 13.1. The third-order valence-corrected chi connectivity index (χ3v) is 9.50. The number of amides is 1. The quantitative estimate of drug-likeness (QED) is 0.106. The summed E-state index contributed by atoms with van der Waals surface area (Å²) >= 11 is 6.64. The van der Waals surface area contributed by atoms with Gasteiger partial charge in [0.15, 0.2) is 5.75 Å². The number of benzene rings is 4. The van der Waals surface area contributed by atoms with Gasteiger partial charge in [-0.05, 0) is 94.8 Å². The molecule has 4 aromatic carbocycles. The van der Waals surface area contributed by atoms with Crippen molar-refractivity contribution in [3.8, 4) is 23.1 Å². The van der Waals surface area contributed by atoms with Crippen LogP contribution in [0.25, 0.3) is 6.08 Å². The van der Waals surface area contributed by atoms with Crippen LogP contribution in [0.4, 0.5) is 4.39 Å². The highest BCUT2D eigenvalue weighted by Gasteiger charge is 2.20. The topological polar surface area (TPSA) is 64.1 Å². The molecule has 0 radical (unpaired) electrons. The van der Waals surface area contributed by atoms with Crippen molar-refractivity contribution >= 4 is 23.6 Å². The fourth-order valence-electron chi connectivity index (χ4n) is 6.05. The van der Waals surface area contributed by atoms with Gasteiger partial charge in [-0.25, -0.2) is 9.37 Å². The average Bonchev–Trinajstić information content (AvgIpc) is 3.17. The average molecular weight is 734 g/mol. The molecule has 274 valence electrons. The molecule has 0 aliphatic carbocycles. The zero-order chi connectivity index (χ0) is 37.2. The molecule has 5 aromatic rings. The van der Waals surface area contributed by atoms with E-state index in [-0.39, 0.29) is 11.7 Å². The summed E-state index contributed by atoms with van der Waals surface area (Å²) in [6.45, 7) is 11.0. The summed E-state index contributed by atoms with van der Waals surface area (Å²) in [7, 11) is 0. The summed E-state index contributed by atoms with van der Waals surface area (Å²) in [6, 6.07) is 30.4. The van der Waals surface area contributed by atoms with Gasteiger partial charge in [-0.15, -0.1) is 0 Å². The molecule has 1 fully saturated rings. The molecule has 1 aliphatic rings. The van der Waals surface area contributed by atoms with Gasteiger partial charge in [0.1, 0.15) is 23.9 Å². The van der Waals surface area contributed by atoms with Gasteiger partial charge in [-0.2, -0.15) is 0 Å². The van der Waals surface area contributed by atoms with E-state index in [1.165, 1.54) is 28.8 Å². The number of carbonyl (C=O) groups is 1. The summed E-state index contributed by atoms with van der Waals surface area (Å²) in [6.07, 6.45) is 5.81. The van der Waals surface area contributed by atoms with Gasteiger partial charge in [0.05, 0.1) is 17.8 Å². The number of hydrogen-bond acceptors (Lipinski definition) is 6. The maximum Gasteiger partial charge on any atom is 0.246 e. The molecule has 0 spiro atoms. The fourth-order valence-corrected chi connectivity index (χ4v) is 6.37. The second-order valence-corrected chi connectivity index (χ2v) is 14.0. The number of piperazine rings is 1. The molecular weight excluding hydrogens is 689 g/mol. The zero-order valence-electron chi connectivity index (χ0n) is 30.4. The monoisotopic (exact) mass is 733 g/mol. The summed E-state index contributed by atoms with van der Waals surface area (Å²) < 4.78 is 30.8. The van der Waals surface area contributed by atoms with E-state index >= 15 is 0 Å². The Bertz CT molecular complexity index is 1950. The van der Waals surface area contributed by atoms with Crippen LogP contribution in [0.5, 0.6) is 23.1 Å². The number of halogens is 2.